The lowest BCUT2D eigenvalue weighted by Gasteiger charge is -2.16. The normalized spacial score (nSPS) is 18.6. The van der Waals surface area contributed by atoms with E-state index in [1.165, 1.54) is 0 Å². The fourth-order valence-electron chi connectivity index (χ4n) is 2.03. The third-order valence-corrected chi connectivity index (χ3v) is 3.15. The molecule has 1 heterocycles. The predicted molar refractivity (Wildman–Crippen MR) is 70.6 cm³/mol. The molecule has 102 valence electrons. The molecule has 4 nitrogen and oxygen atoms in total. The van der Waals surface area contributed by atoms with Crippen LogP contribution < -0.4 is 4.74 Å². The van der Waals surface area contributed by atoms with Crippen molar-refractivity contribution in [2.24, 2.45) is 5.92 Å². The summed E-state index contributed by atoms with van der Waals surface area (Å²) in [7, 11) is 0. The molecule has 1 aliphatic carbocycles. The summed E-state index contributed by atoms with van der Waals surface area (Å²) in [4.78, 5) is 20.3. The Labute approximate surface area is 112 Å². The van der Waals surface area contributed by atoms with Gasteiger partial charge < -0.3 is 9.84 Å². The Balaban J connectivity index is 0.000000186. The summed E-state index contributed by atoms with van der Waals surface area (Å²) >= 11 is 0. The second kappa shape index (κ2) is 5.03. The maximum atomic E-state index is 10.5. The number of benzene rings is 1. The molecule has 1 aromatic carbocycles. The Hall–Kier alpha value is -1.84. The fraction of sp³-hybridized carbons (Fsp3) is 0.467. The zero-order valence-electron chi connectivity index (χ0n) is 11.2. The van der Waals surface area contributed by atoms with Crippen molar-refractivity contribution in [3.63, 3.8) is 0 Å². The summed E-state index contributed by atoms with van der Waals surface area (Å²) in [5.74, 6) is 0.301. The van der Waals surface area contributed by atoms with E-state index in [4.69, 9.17) is 9.84 Å². The van der Waals surface area contributed by atoms with Gasteiger partial charge in [-0.2, -0.15) is 0 Å². The molecule has 1 saturated carbocycles. The minimum absolute atomic E-state index is 0.0185. The zero-order chi connectivity index (χ0) is 14.0. The molecule has 1 fully saturated rings. The average Bonchev–Trinajstić information content (AvgIpc) is 3.12. The molecule has 0 spiro atoms. The van der Waals surface area contributed by atoms with E-state index in [-0.39, 0.29) is 11.5 Å². The van der Waals surface area contributed by atoms with Crippen LogP contribution >= 0.6 is 0 Å². The summed E-state index contributed by atoms with van der Waals surface area (Å²) in [6, 6.07) is 5.55. The number of fused-ring (bicyclic) bond motifs is 1. The Kier molecular flexibility index (Phi) is 3.60. The Bertz CT molecular complexity index is 501. The molecule has 0 bridgehead atoms. The van der Waals surface area contributed by atoms with Gasteiger partial charge in [-0.05, 0) is 50.5 Å². The number of carboxylic acids is 1. The van der Waals surface area contributed by atoms with Crippen molar-refractivity contribution in [1.29, 1.82) is 0 Å². The molecule has 19 heavy (non-hydrogen) atoms. The van der Waals surface area contributed by atoms with Crippen LogP contribution in [0.4, 0.5) is 0 Å². The summed E-state index contributed by atoms with van der Waals surface area (Å²) in [5.41, 5.74) is 1.73. The summed E-state index contributed by atoms with van der Waals surface area (Å²) in [6.45, 7) is 4.10. The van der Waals surface area contributed by atoms with Gasteiger partial charge in [-0.25, -0.2) is 0 Å². The maximum Gasteiger partial charge on any atom is 0.306 e. The topological polar surface area (TPSA) is 63.6 Å². The first-order chi connectivity index (χ1) is 8.91. The van der Waals surface area contributed by atoms with Crippen molar-refractivity contribution in [3.05, 3.63) is 29.3 Å². The highest BCUT2D eigenvalue weighted by Crippen LogP contribution is 2.34. The van der Waals surface area contributed by atoms with Crippen molar-refractivity contribution < 1.29 is 19.4 Å². The number of aliphatic carboxylic acids is 1. The Morgan fingerprint density at radius 2 is 2.11 bits per heavy atom. The number of carbonyl (C=O) groups is 2. The number of aldehydes is 1. The molecule has 0 atom stereocenters. The van der Waals surface area contributed by atoms with Crippen LogP contribution in [-0.2, 0) is 11.2 Å². The van der Waals surface area contributed by atoms with Crippen molar-refractivity contribution in [1.82, 2.24) is 0 Å². The molecule has 1 N–H and O–H groups in total. The average molecular weight is 262 g/mol. The highest BCUT2D eigenvalue weighted by atomic mass is 16.5. The molecule has 1 aliphatic heterocycles. The first kappa shape index (κ1) is 13.6. The molecule has 0 saturated heterocycles. The number of rotatable bonds is 2. The molecule has 0 aromatic heterocycles. The third-order valence-electron chi connectivity index (χ3n) is 3.15. The van der Waals surface area contributed by atoms with E-state index in [1.54, 1.807) is 6.07 Å². The van der Waals surface area contributed by atoms with E-state index in [0.717, 1.165) is 42.4 Å². The van der Waals surface area contributed by atoms with Gasteiger partial charge in [-0.1, -0.05) is 0 Å². The van der Waals surface area contributed by atoms with Gasteiger partial charge in [0.1, 0.15) is 17.6 Å². The lowest BCUT2D eigenvalue weighted by Crippen LogP contribution is -2.24. The molecular weight excluding hydrogens is 244 g/mol. The minimum atomic E-state index is -0.630. The third kappa shape index (κ3) is 3.56. The summed E-state index contributed by atoms with van der Waals surface area (Å²) in [6.07, 6.45) is 3.54. The molecular formula is C15H18O4. The molecule has 1 aromatic rings. The Morgan fingerprint density at radius 1 is 1.42 bits per heavy atom. The second-order valence-corrected chi connectivity index (χ2v) is 5.64. The first-order valence-electron chi connectivity index (χ1n) is 6.41. The van der Waals surface area contributed by atoms with Gasteiger partial charge in [0.05, 0.1) is 5.92 Å². The largest absolute Gasteiger partial charge is 0.487 e. The quantitative estimate of drug-likeness (QED) is 0.832. The number of ether oxygens (including phenoxy) is 1. The lowest BCUT2D eigenvalue weighted by atomic mass is 10.0. The van der Waals surface area contributed by atoms with Gasteiger partial charge in [0, 0.05) is 12.0 Å². The smallest absolute Gasteiger partial charge is 0.306 e. The van der Waals surface area contributed by atoms with E-state index >= 15 is 0 Å². The van der Waals surface area contributed by atoms with Crippen LogP contribution in [-0.4, -0.2) is 23.0 Å². The van der Waals surface area contributed by atoms with Crippen LogP contribution in [0.2, 0.25) is 0 Å². The van der Waals surface area contributed by atoms with E-state index < -0.39 is 5.97 Å². The van der Waals surface area contributed by atoms with Crippen LogP contribution in [0.1, 0.15) is 42.6 Å². The van der Waals surface area contributed by atoms with Crippen molar-refractivity contribution in [3.8, 4) is 5.75 Å². The van der Waals surface area contributed by atoms with Crippen molar-refractivity contribution in [2.45, 2.75) is 38.7 Å². The molecule has 3 rings (SSSR count). The summed E-state index contributed by atoms with van der Waals surface area (Å²) in [5, 5.41) is 8.05. The van der Waals surface area contributed by atoms with Gasteiger partial charge in [0.25, 0.3) is 0 Å². The van der Waals surface area contributed by atoms with E-state index in [1.807, 2.05) is 26.0 Å². The van der Waals surface area contributed by atoms with Crippen LogP contribution in [0.5, 0.6) is 5.75 Å². The maximum absolute atomic E-state index is 10.5. The fourth-order valence-corrected chi connectivity index (χ4v) is 2.03. The van der Waals surface area contributed by atoms with Crippen LogP contribution in [0.25, 0.3) is 0 Å². The van der Waals surface area contributed by atoms with Gasteiger partial charge in [0.2, 0.25) is 0 Å². The predicted octanol–water partition coefficient (Wildman–Crippen LogP) is 2.69. The minimum Gasteiger partial charge on any atom is -0.487 e. The summed E-state index contributed by atoms with van der Waals surface area (Å²) < 4.78 is 5.68. The van der Waals surface area contributed by atoms with Crippen LogP contribution in [0.3, 0.4) is 0 Å². The Morgan fingerprint density at radius 3 is 2.58 bits per heavy atom. The molecule has 0 radical (unpaired) electrons. The van der Waals surface area contributed by atoms with Crippen LogP contribution in [0.15, 0.2) is 18.2 Å². The number of hydrogen-bond donors (Lipinski definition) is 1. The molecule has 4 heteroatoms. The lowest BCUT2D eigenvalue weighted by molar-refractivity contribution is -0.138. The SMILES string of the molecule is CC1(C)Cc2cc(C=O)ccc2O1.O=C(O)C1CC1. The highest BCUT2D eigenvalue weighted by Gasteiger charge is 2.30. The molecule has 0 amide bonds. The molecule has 0 unspecified atom stereocenters. The van der Waals surface area contributed by atoms with Crippen molar-refractivity contribution in [2.75, 3.05) is 0 Å². The van der Waals surface area contributed by atoms with Gasteiger partial charge in [-0.15, -0.1) is 0 Å². The van der Waals surface area contributed by atoms with Crippen LogP contribution in [0, 0.1) is 5.92 Å². The van der Waals surface area contributed by atoms with Gasteiger partial charge in [0.15, 0.2) is 0 Å². The van der Waals surface area contributed by atoms with Gasteiger partial charge in [-0.3, -0.25) is 9.59 Å². The number of hydrogen-bond acceptors (Lipinski definition) is 3. The number of carboxylic acid groups (broad SMARTS) is 1. The monoisotopic (exact) mass is 262 g/mol. The highest BCUT2D eigenvalue weighted by molar-refractivity contribution is 5.75. The molecule has 2 aliphatic rings. The van der Waals surface area contributed by atoms with Crippen molar-refractivity contribution >= 4 is 12.3 Å². The van der Waals surface area contributed by atoms with E-state index in [0.29, 0.717) is 0 Å². The first-order valence-corrected chi connectivity index (χ1v) is 6.41. The zero-order valence-corrected chi connectivity index (χ0v) is 11.2. The number of carbonyl (C=O) groups excluding carboxylic acids is 1. The standard InChI is InChI=1S/C11H12O2.C4H6O2/c1-11(2)6-9-5-8(7-12)3-4-10(9)13-11;5-4(6)3-1-2-3/h3-5,7H,6H2,1-2H3;3H,1-2H2,(H,5,6). The van der Waals surface area contributed by atoms with E-state index in [9.17, 15) is 9.59 Å². The second-order valence-electron chi connectivity index (χ2n) is 5.64. The van der Waals surface area contributed by atoms with Gasteiger partial charge >= 0.3 is 5.97 Å². The van der Waals surface area contributed by atoms with E-state index in [2.05, 4.69) is 0 Å².